The molecule has 21 heavy (non-hydrogen) atoms. The van der Waals surface area contributed by atoms with Crippen LogP contribution in [0.25, 0.3) is 0 Å². The summed E-state index contributed by atoms with van der Waals surface area (Å²) in [6.45, 7) is 0.913. The molecule has 1 atom stereocenters. The van der Waals surface area contributed by atoms with E-state index >= 15 is 0 Å². The van der Waals surface area contributed by atoms with E-state index in [-0.39, 0.29) is 5.41 Å². The van der Waals surface area contributed by atoms with Crippen molar-refractivity contribution >= 4 is 15.0 Å². The summed E-state index contributed by atoms with van der Waals surface area (Å²) in [6, 6.07) is 6.35. The molecule has 1 aliphatic carbocycles. The van der Waals surface area contributed by atoms with Gasteiger partial charge in [0.25, 0.3) is 0 Å². The molecule has 3 nitrogen and oxygen atoms in total. The minimum atomic E-state index is -0.545. The van der Waals surface area contributed by atoms with Gasteiger partial charge in [-0.15, -0.1) is 0 Å². The van der Waals surface area contributed by atoms with Crippen LogP contribution in [0, 0.1) is 0 Å². The number of rotatable bonds is 4. The van der Waals surface area contributed by atoms with Crippen molar-refractivity contribution < 1.29 is 9.84 Å². The van der Waals surface area contributed by atoms with Crippen molar-refractivity contribution in [2.75, 3.05) is 27.7 Å². The fourth-order valence-corrected chi connectivity index (χ4v) is 6.48. The number of methoxy groups -OCH3 is 1. The van der Waals surface area contributed by atoms with E-state index < -0.39 is 5.60 Å². The van der Waals surface area contributed by atoms with Gasteiger partial charge < -0.3 is 0 Å². The summed E-state index contributed by atoms with van der Waals surface area (Å²) < 4.78 is 5.41. The van der Waals surface area contributed by atoms with Crippen molar-refractivity contribution in [1.82, 2.24) is 4.90 Å². The Hall–Kier alpha value is -0.541. The van der Waals surface area contributed by atoms with Gasteiger partial charge in [0.15, 0.2) is 0 Å². The van der Waals surface area contributed by atoms with Crippen molar-refractivity contribution in [3.8, 4) is 5.75 Å². The van der Waals surface area contributed by atoms with Crippen molar-refractivity contribution in [3.05, 3.63) is 29.3 Å². The summed E-state index contributed by atoms with van der Waals surface area (Å²) in [5.74, 6) is 0.903. The second kappa shape index (κ2) is 5.58. The van der Waals surface area contributed by atoms with Gasteiger partial charge in [-0.05, 0) is 0 Å². The number of hydrogen-bond acceptors (Lipinski definition) is 3. The Morgan fingerprint density at radius 2 is 2.00 bits per heavy atom. The topological polar surface area (TPSA) is 32.7 Å². The zero-order chi connectivity index (χ0) is 15.1. The maximum atomic E-state index is 11.4. The Morgan fingerprint density at radius 1 is 1.29 bits per heavy atom. The van der Waals surface area contributed by atoms with Crippen LogP contribution >= 0.6 is 0 Å². The van der Waals surface area contributed by atoms with Crippen LogP contribution in [0.2, 0.25) is 10.6 Å². The Kier molecular flexibility index (Phi) is 4.08. The third-order valence-corrected chi connectivity index (χ3v) is 7.19. The predicted octanol–water partition coefficient (Wildman–Crippen LogP) is 2.12. The van der Waals surface area contributed by atoms with Gasteiger partial charge in [0.05, 0.1) is 0 Å². The van der Waals surface area contributed by atoms with E-state index in [1.54, 1.807) is 7.11 Å². The molecule has 116 valence electrons. The summed E-state index contributed by atoms with van der Waals surface area (Å²) in [7, 11) is 5.93. The van der Waals surface area contributed by atoms with Crippen LogP contribution in [-0.4, -0.2) is 58.3 Å². The second-order valence-electron chi connectivity index (χ2n) is 6.66. The van der Waals surface area contributed by atoms with E-state index in [1.165, 1.54) is 21.8 Å². The molecule has 1 heterocycles. The molecule has 0 spiro atoms. The van der Waals surface area contributed by atoms with Gasteiger partial charge in [-0.2, -0.15) is 0 Å². The number of benzene rings is 1. The molecule has 0 amide bonds. The maximum absolute atomic E-state index is 11.4. The van der Waals surface area contributed by atoms with Gasteiger partial charge in [-0.25, -0.2) is 0 Å². The van der Waals surface area contributed by atoms with Gasteiger partial charge >= 0.3 is 133 Å². The van der Waals surface area contributed by atoms with Crippen molar-refractivity contribution in [3.63, 3.8) is 0 Å². The number of aliphatic hydroxyl groups is 1. The zero-order valence-electron chi connectivity index (χ0n) is 13.2. The number of ether oxygens (including phenoxy) is 1. The van der Waals surface area contributed by atoms with Crippen molar-refractivity contribution in [2.45, 2.75) is 40.9 Å². The van der Waals surface area contributed by atoms with Crippen LogP contribution in [0.4, 0.5) is 0 Å². The fourth-order valence-electron chi connectivity index (χ4n) is 4.03. The van der Waals surface area contributed by atoms with Crippen molar-refractivity contribution in [1.29, 1.82) is 0 Å². The van der Waals surface area contributed by atoms with Gasteiger partial charge in [0, 0.05) is 0 Å². The summed E-state index contributed by atoms with van der Waals surface area (Å²) in [5, 5.41) is 13.9. The van der Waals surface area contributed by atoms with Gasteiger partial charge in [0.2, 0.25) is 0 Å². The first-order valence-electron chi connectivity index (χ1n) is 7.63. The fraction of sp³-hybridized carbons (Fsp3) is 0.647. The Morgan fingerprint density at radius 3 is 2.62 bits per heavy atom. The van der Waals surface area contributed by atoms with E-state index in [9.17, 15) is 5.11 Å². The van der Waals surface area contributed by atoms with Crippen molar-refractivity contribution in [2.24, 2.45) is 0 Å². The summed E-state index contributed by atoms with van der Waals surface area (Å²) in [6.07, 6.45) is 2.91. The number of likely N-dealkylation sites (N-methyl/N-ethyl adjacent to an activating group) is 1. The minimum absolute atomic E-state index is 0.114. The van der Waals surface area contributed by atoms with Crippen LogP contribution in [-0.2, 0) is 11.8 Å². The molecule has 2 aliphatic rings. The normalized spacial score (nSPS) is 27.1. The SMILES string of the molecule is COc1ccc2c(c1)C(CN(C)C)(C1(O)CC[Se]CC1)C2. The Balaban J connectivity index is 2.03. The first kappa shape index (κ1) is 15.4. The molecule has 4 heteroatoms. The predicted molar refractivity (Wildman–Crippen MR) is 86.5 cm³/mol. The number of fused-ring (bicyclic) bond motifs is 1. The average molecular weight is 354 g/mol. The monoisotopic (exact) mass is 355 g/mol. The standard InChI is InChI=1S/C17H25NO2Se/c1-18(2)12-16(17(19)6-8-21-9-7-17)11-13-4-5-14(20-3)10-15(13)16/h4-5,10,19H,6-9,11-12H2,1-3H3. The molecule has 1 fully saturated rings. The number of hydrogen-bond donors (Lipinski definition) is 1. The molecule has 1 aromatic carbocycles. The summed E-state index contributed by atoms with van der Waals surface area (Å²) >= 11 is 0.729. The van der Waals surface area contributed by atoms with Crippen LogP contribution < -0.4 is 4.74 Å². The first-order chi connectivity index (χ1) is 10.0. The molecule has 1 aromatic rings. The molecule has 1 aliphatic heterocycles. The third-order valence-electron chi connectivity index (χ3n) is 5.12. The van der Waals surface area contributed by atoms with E-state index in [0.717, 1.165) is 46.5 Å². The van der Waals surface area contributed by atoms with E-state index in [0.29, 0.717) is 0 Å². The quantitative estimate of drug-likeness (QED) is 0.841. The Bertz CT molecular complexity index is 526. The van der Waals surface area contributed by atoms with Crippen LogP contribution in [0.5, 0.6) is 5.75 Å². The molecule has 1 N–H and O–H groups in total. The average Bonchev–Trinajstić information content (AvgIpc) is 2.45. The molecule has 1 saturated heterocycles. The number of nitrogens with zero attached hydrogens (tertiary/aromatic N) is 1. The molecule has 0 saturated carbocycles. The first-order valence-corrected chi connectivity index (χ1v) is 10.1. The van der Waals surface area contributed by atoms with E-state index in [2.05, 4.69) is 31.1 Å². The summed E-state index contributed by atoms with van der Waals surface area (Å²) in [4.78, 5) is 2.22. The van der Waals surface area contributed by atoms with E-state index in [1.807, 2.05) is 6.07 Å². The molecule has 0 bridgehead atoms. The van der Waals surface area contributed by atoms with E-state index in [4.69, 9.17) is 4.74 Å². The molecule has 0 aromatic heterocycles. The molecule has 3 rings (SSSR count). The van der Waals surface area contributed by atoms with Gasteiger partial charge in [-0.1, -0.05) is 0 Å². The molecular weight excluding hydrogens is 329 g/mol. The second-order valence-corrected chi connectivity index (χ2v) is 9.23. The van der Waals surface area contributed by atoms with Crippen LogP contribution in [0.3, 0.4) is 0 Å². The molecule has 1 unspecified atom stereocenters. The van der Waals surface area contributed by atoms with Gasteiger partial charge in [-0.3, -0.25) is 0 Å². The molecular formula is C17H25NO2Se. The van der Waals surface area contributed by atoms with Crippen LogP contribution in [0.15, 0.2) is 18.2 Å². The van der Waals surface area contributed by atoms with Gasteiger partial charge in [0.1, 0.15) is 0 Å². The zero-order valence-corrected chi connectivity index (χ0v) is 14.9. The summed E-state index contributed by atoms with van der Waals surface area (Å²) in [5.41, 5.74) is 2.03. The third kappa shape index (κ3) is 2.42. The molecule has 0 radical (unpaired) electrons. The van der Waals surface area contributed by atoms with Crippen LogP contribution in [0.1, 0.15) is 24.0 Å². The Labute approximate surface area is 133 Å².